The average molecular weight is 263 g/mol. The number of hydrogen-bond acceptors (Lipinski definition) is 4. The van der Waals surface area contributed by atoms with Crippen LogP contribution in [-0.2, 0) is 13.0 Å². The van der Waals surface area contributed by atoms with Gasteiger partial charge in [0, 0.05) is 13.0 Å². The fraction of sp³-hybridized carbons (Fsp3) is 0.900. The summed E-state index contributed by atoms with van der Waals surface area (Å²) in [7, 11) is 0. The lowest BCUT2D eigenvalue weighted by Crippen LogP contribution is -2.22. The van der Waals surface area contributed by atoms with Crippen molar-refractivity contribution < 1.29 is 13.2 Å². The van der Waals surface area contributed by atoms with E-state index in [2.05, 4.69) is 20.3 Å². The van der Waals surface area contributed by atoms with Crippen molar-refractivity contribution >= 4 is 0 Å². The van der Waals surface area contributed by atoms with E-state index in [0.717, 1.165) is 24.4 Å². The number of likely N-dealkylation sites (tertiary alicyclic amines) is 1. The molecule has 5 nitrogen and oxygen atoms in total. The third kappa shape index (κ3) is 4.25. The molecule has 1 fully saturated rings. The first-order valence-electron chi connectivity index (χ1n) is 6.09. The molecule has 102 valence electrons. The minimum Gasteiger partial charge on any atom is -0.303 e. The number of halogens is 3. The largest absolute Gasteiger partial charge is 0.390 e. The Morgan fingerprint density at radius 1 is 1.11 bits per heavy atom. The van der Waals surface area contributed by atoms with E-state index < -0.39 is 12.6 Å². The zero-order chi connectivity index (χ0) is 13.0. The number of hydrogen-bond donors (Lipinski definition) is 0. The van der Waals surface area contributed by atoms with Gasteiger partial charge in [0.15, 0.2) is 5.82 Å². The van der Waals surface area contributed by atoms with Gasteiger partial charge in [0.05, 0.1) is 13.0 Å². The maximum Gasteiger partial charge on any atom is 0.390 e. The van der Waals surface area contributed by atoms with E-state index in [4.69, 9.17) is 0 Å². The van der Waals surface area contributed by atoms with Crippen molar-refractivity contribution in [2.75, 3.05) is 19.6 Å². The SMILES string of the molecule is FC(F)(F)CCn1nnc(CCN2CCCC2)n1. The van der Waals surface area contributed by atoms with Gasteiger partial charge in [-0.2, -0.15) is 18.0 Å². The normalized spacial score (nSPS) is 17.5. The Kier molecular flexibility index (Phi) is 4.15. The summed E-state index contributed by atoms with van der Waals surface area (Å²) in [5, 5.41) is 11.3. The maximum atomic E-state index is 12.0. The van der Waals surface area contributed by atoms with Crippen LogP contribution in [0.1, 0.15) is 25.1 Å². The minimum absolute atomic E-state index is 0.264. The number of nitrogens with zero attached hydrogens (tertiary/aromatic N) is 5. The summed E-state index contributed by atoms with van der Waals surface area (Å²) in [6.07, 6.45) is -2.03. The lowest BCUT2D eigenvalue weighted by atomic mass is 10.4. The van der Waals surface area contributed by atoms with Gasteiger partial charge in [-0.3, -0.25) is 0 Å². The average Bonchev–Trinajstić information content (AvgIpc) is 2.94. The first kappa shape index (κ1) is 13.3. The number of alkyl halides is 3. The molecule has 18 heavy (non-hydrogen) atoms. The van der Waals surface area contributed by atoms with Gasteiger partial charge >= 0.3 is 6.18 Å². The quantitative estimate of drug-likeness (QED) is 0.802. The van der Waals surface area contributed by atoms with Crippen LogP contribution in [0.15, 0.2) is 0 Å². The molecule has 0 bridgehead atoms. The molecular weight excluding hydrogens is 247 g/mol. The molecule has 1 aliphatic rings. The Morgan fingerprint density at radius 2 is 1.83 bits per heavy atom. The van der Waals surface area contributed by atoms with Gasteiger partial charge in [0.1, 0.15) is 0 Å². The highest BCUT2D eigenvalue weighted by atomic mass is 19.4. The first-order valence-corrected chi connectivity index (χ1v) is 6.09. The van der Waals surface area contributed by atoms with Crippen LogP contribution in [0.3, 0.4) is 0 Å². The van der Waals surface area contributed by atoms with Crippen molar-refractivity contribution in [2.45, 2.75) is 38.4 Å². The Bertz CT molecular complexity index is 370. The fourth-order valence-electron chi connectivity index (χ4n) is 1.96. The van der Waals surface area contributed by atoms with Crippen LogP contribution < -0.4 is 0 Å². The molecule has 0 N–H and O–H groups in total. The van der Waals surface area contributed by atoms with Gasteiger partial charge in [-0.05, 0) is 31.1 Å². The summed E-state index contributed by atoms with van der Waals surface area (Å²) in [6, 6.07) is 0. The summed E-state index contributed by atoms with van der Waals surface area (Å²) in [5.41, 5.74) is 0. The molecule has 0 spiro atoms. The Hall–Kier alpha value is -1.18. The molecule has 0 saturated carbocycles. The van der Waals surface area contributed by atoms with Crippen molar-refractivity contribution in [1.29, 1.82) is 0 Å². The Labute approximate surface area is 103 Å². The Balaban J connectivity index is 1.75. The van der Waals surface area contributed by atoms with E-state index in [1.54, 1.807) is 0 Å². The zero-order valence-corrected chi connectivity index (χ0v) is 10.0. The minimum atomic E-state index is -4.18. The summed E-state index contributed by atoms with van der Waals surface area (Å²) in [4.78, 5) is 3.32. The number of aromatic nitrogens is 4. The van der Waals surface area contributed by atoms with E-state index >= 15 is 0 Å². The van der Waals surface area contributed by atoms with Gasteiger partial charge in [-0.15, -0.1) is 10.2 Å². The van der Waals surface area contributed by atoms with Crippen molar-refractivity contribution in [3.63, 3.8) is 0 Å². The molecule has 1 saturated heterocycles. The highest BCUT2D eigenvalue weighted by Gasteiger charge is 2.27. The van der Waals surface area contributed by atoms with Crippen LogP contribution in [0.2, 0.25) is 0 Å². The van der Waals surface area contributed by atoms with Gasteiger partial charge in [-0.25, -0.2) is 0 Å². The van der Waals surface area contributed by atoms with Gasteiger partial charge < -0.3 is 4.90 Å². The van der Waals surface area contributed by atoms with Crippen LogP contribution in [0.25, 0.3) is 0 Å². The first-order chi connectivity index (χ1) is 8.53. The predicted molar refractivity (Wildman–Crippen MR) is 57.9 cm³/mol. The van der Waals surface area contributed by atoms with E-state index in [1.807, 2.05) is 0 Å². The number of rotatable bonds is 5. The fourth-order valence-corrected chi connectivity index (χ4v) is 1.96. The standard InChI is InChI=1S/C10H16F3N5/c11-10(12,13)4-8-18-15-9(14-16-18)3-7-17-5-1-2-6-17/h1-8H2. The van der Waals surface area contributed by atoms with Crippen LogP contribution in [-0.4, -0.2) is 50.9 Å². The predicted octanol–water partition coefficient (Wildman–Crippen LogP) is 1.26. The van der Waals surface area contributed by atoms with E-state index in [9.17, 15) is 13.2 Å². The molecule has 0 amide bonds. The summed E-state index contributed by atoms with van der Waals surface area (Å²) >= 11 is 0. The smallest absolute Gasteiger partial charge is 0.303 e. The second-order valence-electron chi connectivity index (χ2n) is 4.47. The molecular formula is C10H16F3N5. The van der Waals surface area contributed by atoms with Crippen molar-refractivity contribution in [1.82, 2.24) is 25.1 Å². The lowest BCUT2D eigenvalue weighted by molar-refractivity contribution is -0.137. The maximum absolute atomic E-state index is 12.0. The van der Waals surface area contributed by atoms with Crippen molar-refractivity contribution in [2.24, 2.45) is 0 Å². The number of tetrazole rings is 1. The monoisotopic (exact) mass is 263 g/mol. The second kappa shape index (κ2) is 5.64. The summed E-state index contributed by atoms with van der Waals surface area (Å²) < 4.78 is 36.0. The van der Waals surface area contributed by atoms with Crippen LogP contribution in [0, 0.1) is 0 Å². The molecule has 1 aromatic rings. The molecule has 1 aliphatic heterocycles. The van der Waals surface area contributed by atoms with Crippen LogP contribution in [0.5, 0.6) is 0 Å². The molecule has 2 rings (SSSR count). The molecule has 2 heterocycles. The van der Waals surface area contributed by atoms with Gasteiger partial charge in [0.25, 0.3) is 0 Å². The number of aryl methyl sites for hydroxylation is 1. The van der Waals surface area contributed by atoms with Crippen molar-refractivity contribution in [3.8, 4) is 0 Å². The highest BCUT2D eigenvalue weighted by molar-refractivity contribution is 4.80. The van der Waals surface area contributed by atoms with Crippen molar-refractivity contribution in [3.05, 3.63) is 5.82 Å². The van der Waals surface area contributed by atoms with Gasteiger partial charge in [0.2, 0.25) is 0 Å². The second-order valence-corrected chi connectivity index (χ2v) is 4.47. The molecule has 0 radical (unpaired) electrons. The molecule has 0 aliphatic carbocycles. The third-order valence-electron chi connectivity index (χ3n) is 2.94. The van der Waals surface area contributed by atoms with Gasteiger partial charge in [-0.1, -0.05) is 0 Å². The van der Waals surface area contributed by atoms with E-state index in [-0.39, 0.29) is 6.54 Å². The zero-order valence-electron chi connectivity index (χ0n) is 10.0. The molecule has 0 aromatic carbocycles. The van der Waals surface area contributed by atoms with Crippen LogP contribution >= 0.6 is 0 Å². The third-order valence-corrected chi connectivity index (χ3v) is 2.94. The summed E-state index contributed by atoms with van der Waals surface area (Å²) in [6.45, 7) is 2.76. The molecule has 1 aromatic heterocycles. The molecule has 8 heteroatoms. The van der Waals surface area contributed by atoms with E-state index in [0.29, 0.717) is 12.2 Å². The topological polar surface area (TPSA) is 46.8 Å². The molecule has 0 unspecified atom stereocenters. The van der Waals surface area contributed by atoms with E-state index in [1.165, 1.54) is 12.8 Å². The lowest BCUT2D eigenvalue weighted by Gasteiger charge is -2.11. The highest BCUT2D eigenvalue weighted by Crippen LogP contribution is 2.19. The van der Waals surface area contributed by atoms with Crippen LogP contribution in [0.4, 0.5) is 13.2 Å². The molecule has 0 atom stereocenters. The summed E-state index contributed by atoms with van der Waals surface area (Å²) in [5.74, 6) is 0.518. The Morgan fingerprint density at radius 3 is 2.50 bits per heavy atom.